The molecule has 0 radical (unpaired) electrons. The van der Waals surface area contributed by atoms with Gasteiger partial charge in [-0.15, -0.1) is 11.3 Å². The van der Waals surface area contributed by atoms with E-state index in [1.54, 1.807) is 24.3 Å². The molecule has 0 N–H and O–H groups in total. The van der Waals surface area contributed by atoms with E-state index < -0.39 is 0 Å². The number of benzene rings is 1. The van der Waals surface area contributed by atoms with E-state index in [2.05, 4.69) is 42.6 Å². The molecule has 0 amide bonds. The smallest absolute Gasteiger partial charge is 0.330 e. The minimum absolute atomic E-state index is 0.328. The topological polar surface area (TPSA) is 38.8 Å². The molecule has 27 heavy (non-hydrogen) atoms. The molecular weight excluding hydrogens is 358 g/mol. The van der Waals surface area contributed by atoms with Gasteiger partial charge in [-0.05, 0) is 68.2 Å². The van der Waals surface area contributed by atoms with Crippen molar-refractivity contribution in [2.45, 2.75) is 20.0 Å². The first-order valence-electron chi connectivity index (χ1n) is 9.12. The Morgan fingerprint density at radius 2 is 2.19 bits per heavy atom. The molecule has 1 aliphatic heterocycles. The van der Waals surface area contributed by atoms with Crippen LogP contribution in [0, 0.1) is 0 Å². The van der Waals surface area contributed by atoms with Crippen molar-refractivity contribution < 1.29 is 14.3 Å². The van der Waals surface area contributed by atoms with Gasteiger partial charge in [0, 0.05) is 28.6 Å². The Kier molecular flexibility index (Phi) is 6.48. The lowest BCUT2D eigenvalue weighted by molar-refractivity contribution is -0.137. The van der Waals surface area contributed by atoms with Crippen LogP contribution in [0.2, 0.25) is 0 Å². The number of rotatable bonds is 6. The lowest BCUT2D eigenvalue weighted by Gasteiger charge is -2.12. The highest BCUT2D eigenvalue weighted by Gasteiger charge is 2.20. The summed E-state index contributed by atoms with van der Waals surface area (Å²) >= 11 is 1.75. The van der Waals surface area contributed by atoms with Crippen molar-refractivity contribution in [1.29, 1.82) is 0 Å². The molecule has 0 unspecified atom stereocenters. The summed E-state index contributed by atoms with van der Waals surface area (Å²) in [5.41, 5.74) is 4.45. The third-order valence-electron chi connectivity index (χ3n) is 4.29. The molecule has 4 nitrogen and oxygen atoms in total. The molecule has 0 saturated carbocycles. The van der Waals surface area contributed by atoms with Crippen LogP contribution in [0.25, 0.3) is 11.6 Å². The molecule has 3 rings (SSSR count). The van der Waals surface area contributed by atoms with Crippen molar-refractivity contribution in [2.75, 3.05) is 27.2 Å². The SMILES string of the molecule is CCOC(=O)/C=C/c1ccc2c(c1)/C(=C/CCN(C)C)c1sccc1CO2. The van der Waals surface area contributed by atoms with Crippen molar-refractivity contribution in [2.24, 2.45) is 0 Å². The summed E-state index contributed by atoms with van der Waals surface area (Å²) in [6.07, 6.45) is 6.51. The van der Waals surface area contributed by atoms with E-state index in [0.717, 1.165) is 29.8 Å². The van der Waals surface area contributed by atoms with Gasteiger partial charge in [0.15, 0.2) is 0 Å². The second-order valence-corrected chi connectivity index (χ2v) is 7.53. The summed E-state index contributed by atoms with van der Waals surface area (Å²) in [5, 5.41) is 2.11. The largest absolute Gasteiger partial charge is 0.488 e. The molecule has 2 aromatic rings. The number of fused-ring (bicyclic) bond motifs is 2. The number of carbonyl (C=O) groups excluding carboxylic acids is 1. The van der Waals surface area contributed by atoms with Gasteiger partial charge in [-0.1, -0.05) is 12.1 Å². The normalized spacial score (nSPS) is 14.7. The van der Waals surface area contributed by atoms with Crippen LogP contribution in [0.4, 0.5) is 0 Å². The fourth-order valence-electron chi connectivity index (χ4n) is 2.98. The number of ether oxygens (including phenoxy) is 2. The standard InChI is InChI=1S/C22H25NO3S/c1-4-25-21(24)10-8-16-7-9-20-19(14-16)18(6-5-12-23(2)3)22-17(15-26-20)11-13-27-22/h6-11,13-14H,4-5,12,15H2,1-3H3/b10-8+,18-6-. The molecule has 0 atom stereocenters. The Balaban J connectivity index is 1.97. The maximum atomic E-state index is 11.6. The zero-order valence-electron chi connectivity index (χ0n) is 16.0. The number of thiophene rings is 1. The third kappa shape index (κ3) is 4.87. The summed E-state index contributed by atoms with van der Waals surface area (Å²) in [6.45, 7) is 3.74. The quantitative estimate of drug-likeness (QED) is 0.540. The minimum Gasteiger partial charge on any atom is -0.488 e. The molecule has 142 valence electrons. The van der Waals surface area contributed by atoms with Gasteiger partial charge >= 0.3 is 5.97 Å². The van der Waals surface area contributed by atoms with Gasteiger partial charge in [0.1, 0.15) is 12.4 Å². The average molecular weight is 384 g/mol. The Hall–Kier alpha value is -2.37. The van der Waals surface area contributed by atoms with E-state index in [9.17, 15) is 4.79 Å². The summed E-state index contributed by atoms with van der Waals surface area (Å²) in [5.74, 6) is 0.550. The van der Waals surface area contributed by atoms with E-state index >= 15 is 0 Å². The summed E-state index contributed by atoms with van der Waals surface area (Å²) in [6, 6.07) is 8.16. The molecule has 0 aliphatic carbocycles. The zero-order valence-corrected chi connectivity index (χ0v) is 16.8. The van der Waals surface area contributed by atoms with Gasteiger partial charge in [0.2, 0.25) is 0 Å². The van der Waals surface area contributed by atoms with E-state index in [-0.39, 0.29) is 5.97 Å². The van der Waals surface area contributed by atoms with Gasteiger partial charge in [-0.25, -0.2) is 4.79 Å². The van der Waals surface area contributed by atoms with Crippen LogP contribution in [0.3, 0.4) is 0 Å². The van der Waals surface area contributed by atoms with Crippen LogP contribution in [-0.4, -0.2) is 38.1 Å². The first-order chi connectivity index (χ1) is 13.1. The molecule has 0 fully saturated rings. The van der Waals surface area contributed by atoms with Gasteiger partial charge in [0.25, 0.3) is 0 Å². The molecule has 0 bridgehead atoms. The van der Waals surface area contributed by atoms with Crippen molar-refractivity contribution in [3.8, 4) is 5.75 Å². The molecule has 2 heterocycles. The lowest BCUT2D eigenvalue weighted by Crippen LogP contribution is -2.12. The van der Waals surface area contributed by atoms with Gasteiger partial charge < -0.3 is 14.4 Å². The summed E-state index contributed by atoms with van der Waals surface area (Å²) < 4.78 is 11.0. The number of hydrogen-bond donors (Lipinski definition) is 0. The van der Waals surface area contributed by atoms with Crippen LogP contribution in [0.5, 0.6) is 5.75 Å². The Morgan fingerprint density at radius 3 is 2.96 bits per heavy atom. The fourth-order valence-corrected chi connectivity index (χ4v) is 3.94. The van der Waals surface area contributed by atoms with Crippen LogP contribution in [0.1, 0.15) is 34.9 Å². The highest BCUT2D eigenvalue weighted by Crippen LogP contribution is 2.40. The van der Waals surface area contributed by atoms with Crippen molar-refractivity contribution in [3.63, 3.8) is 0 Å². The van der Waals surface area contributed by atoms with E-state index in [1.165, 1.54) is 22.1 Å². The second kappa shape index (κ2) is 9.02. The van der Waals surface area contributed by atoms with Crippen LogP contribution in [0.15, 0.2) is 41.8 Å². The molecule has 5 heteroatoms. The highest BCUT2D eigenvalue weighted by atomic mass is 32.1. The number of hydrogen-bond acceptors (Lipinski definition) is 5. The van der Waals surface area contributed by atoms with Crippen molar-refractivity contribution in [3.05, 3.63) is 63.4 Å². The first-order valence-corrected chi connectivity index (χ1v) is 10.00. The number of carbonyl (C=O) groups is 1. The molecule has 0 spiro atoms. The number of esters is 1. The predicted molar refractivity (Wildman–Crippen MR) is 111 cm³/mol. The third-order valence-corrected chi connectivity index (χ3v) is 5.28. The van der Waals surface area contributed by atoms with Crippen molar-refractivity contribution in [1.82, 2.24) is 4.90 Å². The minimum atomic E-state index is -0.328. The van der Waals surface area contributed by atoms with Crippen LogP contribution >= 0.6 is 11.3 Å². The van der Waals surface area contributed by atoms with Crippen LogP contribution < -0.4 is 4.74 Å². The maximum absolute atomic E-state index is 11.6. The summed E-state index contributed by atoms with van der Waals surface area (Å²) in [7, 11) is 4.16. The lowest BCUT2D eigenvalue weighted by atomic mass is 9.98. The Labute approximate surface area is 164 Å². The number of nitrogens with zero attached hydrogens (tertiary/aromatic N) is 1. The molecule has 1 aromatic heterocycles. The van der Waals surface area contributed by atoms with E-state index in [1.807, 2.05) is 12.1 Å². The monoisotopic (exact) mass is 383 g/mol. The second-order valence-electron chi connectivity index (χ2n) is 6.61. The van der Waals surface area contributed by atoms with Gasteiger partial charge in [-0.3, -0.25) is 0 Å². The zero-order chi connectivity index (χ0) is 19.2. The van der Waals surface area contributed by atoms with Crippen molar-refractivity contribution >= 4 is 29.0 Å². The summed E-state index contributed by atoms with van der Waals surface area (Å²) in [4.78, 5) is 15.1. The first kappa shape index (κ1) is 19.4. The molecule has 1 aromatic carbocycles. The maximum Gasteiger partial charge on any atom is 0.330 e. The van der Waals surface area contributed by atoms with Gasteiger partial charge in [0.05, 0.1) is 6.61 Å². The fraction of sp³-hybridized carbons (Fsp3) is 0.318. The van der Waals surface area contributed by atoms with Crippen LogP contribution in [-0.2, 0) is 16.1 Å². The Bertz CT molecular complexity index is 864. The predicted octanol–water partition coefficient (Wildman–Crippen LogP) is 4.60. The molecule has 0 saturated heterocycles. The highest BCUT2D eigenvalue weighted by molar-refractivity contribution is 7.11. The van der Waals surface area contributed by atoms with Gasteiger partial charge in [-0.2, -0.15) is 0 Å². The molecular formula is C22H25NO3S. The average Bonchev–Trinajstić information content (AvgIpc) is 3.05. The molecule has 1 aliphatic rings. The van der Waals surface area contributed by atoms with E-state index in [0.29, 0.717) is 13.2 Å². The Morgan fingerprint density at radius 1 is 1.33 bits per heavy atom. The van der Waals surface area contributed by atoms with E-state index in [4.69, 9.17) is 9.47 Å².